The second-order valence-corrected chi connectivity index (χ2v) is 4.18. The highest BCUT2D eigenvalue weighted by Crippen LogP contribution is 2.04. The minimum Gasteiger partial charge on any atom is -0.383 e. The standard InChI is InChI=1S/C11H23N3O2/c1-10(14-6-3-12-4-7-14)9-11(15)13-5-8-16-2/h10,12H,3-9H2,1-2H3,(H,13,15). The first-order valence-electron chi connectivity index (χ1n) is 5.94. The lowest BCUT2D eigenvalue weighted by Gasteiger charge is -2.32. The second-order valence-electron chi connectivity index (χ2n) is 4.18. The van der Waals surface area contributed by atoms with Crippen LogP contribution in [0.3, 0.4) is 0 Å². The van der Waals surface area contributed by atoms with Crippen LogP contribution in [0.5, 0.6) is 0 Å². The highest BCUT2D eigenvalue weighted by Gasteiger charge is 2.18. The molecule has 1 rings (SSSR count). The molecule has 94 valence electrons. The van der Waals surface area contributed by atoms with Crippen molar-refractivity contribution in [2.75, 3.05) is 46.4 Å². The number of methoxy groups -OCH3 is 1. The monoisotopic (exact) mass is 229 g/mol. The first kappa shape index (κ1) is 13.4. The van der Waals surface area contributed by atoms with Gasteiger partial charge < -0.3 is 15.4 Å². The summed E-state index contributed by atoms with van der Waals surface area (Å²) in [7, 11) is 1.63. The second kappa shape index (κ2) is 7.60. The first-order valence-corrected chi connectivity index (χ1v) is 5.94. The number of ether oxygens (including phenoxy) is 1. The number of hydrogen-bond acceptors (Lipinski definition) is 4. The number of carbonyl (C=O) groups is 1. The molecule has 1 unspecified atom stereocenters. The van der Waals surface area contributed by atoms with Crippen molar-refractivity contribution < 1.29 is 9.53 Å². The van der Waals surface area contributed by atoms with Gasteiger partial charge in [-0.05, 0) is 6.92 Å². The molecule has 5 heteroatoms. The molecular weight excluding hydrogens is 206 g/mol. The predicted octanol–water partition coefficient (Wildman–Crippen LogP) is -0.567. The summed E-state index contributed by atoms with van der Waals surface area (Å²) in [6, 6.07) is 0.324. The van der Waals surface area contributed by atoms with E-state index in [1.54, 1.807) is 7.11 Å². The van der Waals surface area contributed by atoms with E-state index in [1.165, 1.54) is 0 Å². The van der Waals surface area contributed by atoms with Crippen LogP contribution in [-0.2, 0) is 9.53 Å². The molecule has 0 aromatic carbocycles. The topological polar surface area (TPSA) is 53.6 Å². The number of rotatable bonds is 6. The van der Waals surface area contributed by atoms with E-state index in [4.69, 9.17) is 4.74 Å². The molecule has 0 aromatic heterocycles. The predicted molar refractivity (Wildman–Crippen MR) is 63.4 cm³/mol. The summed E-state index contributed by atoms with van der Waals surface area (Å²) in [6.07, 6.45) is 0.573. The summed E-state index contributed by atoms with van der Waals surface area (Å²) < 4.78 is 4.88. The molecule has 0 spiro atoms. The maximum absolute atomic E-state index is 11.6. The first-order chi connectivity index (χ1) is 7.74. The van der Waals surface area contributed by atoms with E-state index >= 15 is 0 Å². The molecule has 1 fully saturated rings. The molecule has 1 amide bonds. The highest BCUT2D eigenvalue weighted by atomic mass is 16.5. The fourth-order valence-electron chi connectivity index (χ4n) is 1.88. The quantitative estimate of drug-likeness (QED) is 0.599. The maximum Gasteiger partial charge on any atom is 0.221 e. The van der Waals surface area contributed by atoms with E-state index in [0.717, 1.165) is 26.2 Å². The number of hydrogen-bond donors (Lipinski definition) is 2. The third kappa shape index (κ3) is 4.92. The Labute approximate surface area is 97.5 Å². The third-order valence-electron chi connectivity index (χ3n) is 2.88. The van der Waals surface area contributed by atoms with Crippen molar-refractivity contribution in [1.82, 2.24) is 15.5 Å². The summed E-state index contributed by atoms with van der Waals surface area (Å²) >= 11 is 0. The van der Waals surface area contributed by atoms with Crippen molar-refractivity contribution in [1.29, 1.82) is 0 Å². The number of piperazine rings is 1. The summed E-state index contributed by atoms with van der Waals surface area (Å²) in [5.41, 5.74) is 0. The van der Waals surface area contributed by atoms with Gasteiger partial charge in [0.25, 0.3) is 0 Å². The third-order valence-corrected chi connectivity index (χ3v) is 2.88. The molecule has 0 bridgehead atoms. The van der Waals surface area contributed by atoms with Crippen LogP contribution >= 0.6 is 0 Å². The Kier molecular flexibility index (Phi) is 6.37. The molecule has 1 heterocycles. The number of nitrogens with zero attached hydrogens (tertiary/aromatic N) is 1. The number of nitrogens with one attached hydrogen (secondary N) is 2. The summed E-state index contributed by atoms with van der Waals surface area (Å²) in [4.78, 5) is 13.9. The van der Waals surface area contributed by atoms with Crippen molar-refractivity contribution in [2.45, 2.75) is 19.4 Å². The number of amides is 1. The normalized spacial score (nSPS) is 19.4. The van der Waals surface area contributed by atoms with Gasteiger partial charge in [0.2, 0.25) is 5.91 Å². The van der Waals surface area contributed by atoms with Gasteiger partial charge in [-0.3, -0.25) is 9.69 Å². The molecule has 0 radical (unpaired) electrons. The molecule has 2 N–H and O–H groups in total. The Hall–Kier alpha value is -0.650. The van der Waals surface area contributed by atoms with Crippen molar-refractivity contribution in [3.05, 3.63) is 0 Å². The number of carbonyl (C=O) groups excluding carboxylic acids is 1. The van der Waals surface area contributed by atoms with Crippen molar-refractivity contribution in [3.8, 4) is 0 Å². The fourth-order valence-corrected chi connectivity index (χ4v) is 1.88. The van der Waals surface area contributed by atoms with Crippen LogP contribution in [0, 0.1) is 0 Å². The van der Waals surface area contributed by atoms with Crippen molar-refractivity contribution in [3.63, 3.8) is 0 Å². The van der Waals surface area contributed by atoms with Gasteiger partial charge in [-0.1, -0.05) is 0 Å². The minimum atomic E-state index is 0.114. The summed E-state index contributed by atoms with van der Waals surface area (Å²) in [5.74, 6) is 0.114. The van der Waals surface area contributed by atoms with Gasteiger partial charge in [-0.15, -0.1) is 0 Å². The van der Waals surface area contributed by atoms with E-state index in [9.17, 15) is 4.79 Å². The molecule has 0 aromatic rings. The molecule has 1 atom stereocenters. The summed E-state index contributed by atoms with van der Waals surface area (Å²) in [5, 5.41) is 6.15. The van der Waals surface area contributed by atoms with Crippen LogP contribution in [0.4, 0.5) is 0 Å². The molecule has 0 saturated carbocycles. The van der Waals surface area contributed by atoms with Crippen LogP contribution in [-0.4, -0.2) is 63.3 Å². The Morgan fingerprint density at radius 2 is 2.19 bits per heavy atom. The fraction of sp³-hybridized carbons (Fsp3) is 0.909. The van der Waals surface area contributed by atoms with Gasteiger partial charge in [0.1, 0.15) is 0 Å². The molecule has 5 nitrogen and oxygen atoms in total. The van der Waals surface area contributed by atoms with Crippen LogP contribution < -0.4 is 10.6 Å². The van der Waals surface area contributed by atoms with Crippen LogP contribution in [0.25, 0.3) is 0 Å². The van der Waals surface area contributed by atoms with Gasteiger partial charge in [0.15, 0.2) is 0 Å². The van der Waals surface area contributed by atoms with E-state index < -0.39 is 0 Å². The lowest BCUT2D eigenvalue weighted by atomic mass is 10.1. The molecule has 0 aliphatic carbocycles. The average Bonchev–Trinajstić information content (AvgIpc) is 2.30. The van der Waals surface area contributed by atoms with Gasteiger partial charge in [0, 0.05) is 52.3 Å². The van der Waals surface area contributed by atoms with E-state index in [1.807, 2.05) is 0 Å². The van der Waals surface area contributed by atoms with Crippen LogP contribution in [0.1, 0.15) is 13.3 Å². The van der Waals surface area contributed by atoms with E-state index in [2.05, 4.69) is 22.5 Å². The van der Waals surface area contributed by atoms with Crippen molar-refractivity contribution >= 4 is 5.91 Å². The van der Waals surface area contributed by atoms with Gasteiger partial charge in [-0.2, -0.15) is 0 Å². The Bertz CT molecular complexity index is 205. The van der Waals surface area contributed by atoms with E-state index in [-0.39, 0.29) is 5.91 Å². The average molecular weight is 229 g/mol. The van der Waals surface area contributed by atoms with Gasteiger partial charge >= 0.3 is 0 Å². The molecular formula is C11H23N3O2. The molecule has 16 heavy (non-hydrogen) atoms. The minimum absolute atomic E-state index is 0.114. The highest BCUT2D eigenvalue weighted by molar-refractivity contribution is 5.76. The largest absolute Gasteiger partial charge is 0.383 e. The van der Waals surface area contributed by atoms with E-state index in [0.29, 0.717) is 25.6 Å². The van der Waals surface area contributed by atoms with Gasteiger partial charge in [0.05, 0.1) is 6.61 Å². The zero-order valence-corrected chi connectivity index (χ0v) is 10.3. The Balaban J connectivity index is 2.16. The Morgan fingerprint density at radius 3 is 2.81 bits per heavy atom. The smallest absolute Gasteiger partial charge is 0.221 e. The molecule has 1 saturated heterocycles. The molecule has 1 aliphatic rings. The van der Waals surface area contributed by atoms with Crippen LogP contribution in [0.15, 0.2) is 0 Å². The SMILES string of the molecule is COCCNC(=O)CC(C)N1CCNCC1. The zero-order valence-electron chi connectivity index (χ0n) is 10.3. The summed E-state index contributed by atoms with van der Waals surface area (Å²) in [6.45, 7) is 7.41. The van der Waals surface area contributed by atoms with Crippen molar-refractivity contribution in [2.24, 2.45) is 0 Å². The van der Waals surface area contributed by atoms with Gasteiger partial charge in [-0.25, -0.2) is 0 Å². The zero-order chi connectivity index (χ0) is 11.8. The van der Waals surface area contributed by atoms with Crippen LogP contribution in [0.2, 0.25) is 0 Å². The molecule has 1 aliphatic heterocycles. The lowest BCUT2D eigenvalue weighted by molar-refractivity contribution is -0.122. The lowest BCUT2D eigenvalue weighted by Crippen LogP contribution is -2.48. The maximum atomic E-state index is 11.6. The Morgan fingerprint density at radius 1 is 1.50 bits per heavy atom.